The highest BCUT2D eigenvalue weighted by molar-refractivity contribution is 14.0. The normalized spacial score (nSPS) is 14.5. The monoisotopic (exact) mass is 500 g/mol. The number of hydrogen-bond acceptors (Lipinski definition) is 7. The molecule has 0 spiro atoms. The minimum absolute atomic E-state index is 0. The van der Waals surface area contributed by atoms with Crippen LogP contribution in [0.4, 0.5) is 5.95 Å². The van der Waals surface area contributed by atoms with Crippen LogP contribution in [0, 0.1) is 6.92 Å². The zero-order valence-electron chi connectivity index (χ0n) is 16.2. The molecule has 0 saturated carbocycles. The summed E-state index contributed by atoms with van der Waals surface area (Å²) < 4.78 is 10.4. The Bertz CT molecular complexity index is 803. The fourth-order valence-electron chi connectivity index (χ4n) is 3.01. The minimum atomic E-state index is -0.397. The number of halogens is 1. The van der Waals surface area contributed by atoms with Crippen molar-refractivity contribution in [1.82, 2.24) is 20.2 Å². The van der Waals surface area contributed by atoms with Crippen LogP contribution in [-0.4, -0.2) is 67.1 Å². The van der Waals surface area contributed by atoms with E-state index in [1.807, 2.05) is 6.07 Å². The molecule has 3 rings (SSSR count). The molecule has 0 aliphatic carbocycles. The molecule has 0 unspecified atom stereocenters. The molecule has 1 saturated heterocycles. The summed E-state index contributed by atoms with van der Waals surface area (Å²) >= 11 is 0. The van der Waals surface area contributed by atoms with Crippen LogP contribution in [0.5, 0.6) is 0 Å². The van der Waals surface area contributed by atoms with Crippen molar-refractivity contribution >= 4 is 41.9 Å². The SMILES string of the molecule is CN=C(NCc1cc(C(=O)OC)c(C)o1)N1CCN(c2ncccn2)CC1.I. The first kappa shape index (κ1) is 21.9. The molecule has 0 atom stereocenters. The molecule has 1 aliphatic rings. The molecule has 2 aromatic heterocycles. The third-order valence-corrected chi connectivity index (χ3v) is 4.42. The Morgan fingerprint density at radius 1 is 1.29 bits per heavy atom. The van der Waals surface area contributed by atoms with Crippen molar-refractivity contribution in [1.29, 1.82) is 0 Å². The Kier molecular flexibility index (Phi) is 8.03. The Morgan fingerprint density at radius 2 is 1.96 bits per heavy atom. The second-order valence-electron chi connectivity index (χ2n) is 6.10. The number of carbonyl (C=O) groups is 1. The number of methoxy groups -OCH3 is 1. The van der Waals surface area contributed by atoms with E-state index in [1.54, 1.807) is 32.4 Å². The largest absolute Gasteiger partial charge is 0.465 e. The summed E-state index contributed by atoms with van der Waals surface area (Å²) in [5.41, 5.74) is 0.445. The fraction of sp³-hybridized carbons (Fsp3) is 0.444. The number of carbonyl (C=O) groups excluding carboxylic acids is 1. The molecule has 9 nitrogen and oxygen atoms in total. The van der Waals surface area contributed by atoms with Crippen LogP contribution in [0.2, 0.25) is 0 Å². The lowest BCUT2D eigenvalue weighted by molar-refractivity contribution is 0.0599. The average molecular weight is 500 g/mol. The maximum Gasteiger partial charge on any atom is 0.341 e. The summed E-state index contributed by atoms with van der Waals surface area (Å²) in [6.07, 6.45) is 3.51. The van der Waals surface area contributed by atoms with Gasteiger partial charge in [-0.15, -0.1) is 24.0 Å². The van der Waals surface area contributed by atoms with Gasteiger partial charge in [-0.25, -0.2) is 14.8 Å². The highest BCUT2D eigenvalue weighted by atomic mass is 127. The zero-order chi connectivity index (χ0) is 19.2. The summed E-state index contributed by atoms with van der Waals surface area (Å²) in [5, 5.41) is 3.29. The number of aliphatic imine (C=N–C) groups is 1. The summed E-state index contributed by atoms with van der Waals surface area (Å²) in [6.45, 7) is 5.43. The van der Waals surface area contributed by atoms with Crippen LogP contribution in [0.15, 0.2) is 33.9 Å². The van der Waals surface area contributed by atoms with Crippen molar-refractivity contribution in [2.45, 2.75) is 13.5 Å². The Labute approximate surface area is 181 Å². The highest BCUT2D eigenvalue weighted by Crippen LogP contribution is 2.16. The number of esters is 1. The number of aryl methyl sites for hydroxylation is 1. The Hall–Kier alpha value is -2.37. The molecular weight excluding hydrogens is 475 g/mol. The first-order valence-electron chi connectivity index (χ1n) is 8.77. The van der Waals surface area contributed by atoms with E-state index in [0.717, 1.165) is 38.1 Å². The van der Waals surface area contributed by atoms with Crippen molar-refractivity contribution in [2.24, 2.45) is 4.99 Å². The van der Waals surface area contributed by atoms with Gasteiger partial charge in [0, 0.05) is 45.6 Å². The molecule has 2 aromatic rings. The van der Waals surface area contributed by atoms with Crippen LogP contribution in [-0.2, 0) is 11.3 Å². The molecule has 28 heavy (non-hydrogen) atoms. The number of anilines is 1. The van der Waals surface area contributed by atoms with E-state index in [2.05, 4.69) is 30.1 Å². The summed E-state index contributed by atoms with van der Waals surface area (Å²) in [6, 6.07) is 3.51. The molecule has 0 amide bonds. The van der Waals surface area contributed by atoms with E-state index >= 15 is 0 Å². The smallest absolute Gasteiger partial charge is 0.341 e. The molecule has 0 aromatic carbocycles. The average Bonchev–Trinajstić information content (AvgIpc) is 3.09. The number of aromatic nitrogens is 2. The molecular formula is C18H25IN6O3. The van der Waals surface area contributed by atoms with Crippen LogP contribution in [0.3, 0.4) is 0 Å². The van der Waals surface area contributed by atoms with Crippen molar-refractivity contribution in [3.63, 3.8) is 0 Å². The molecule has 1 aliphatic heterocycles. The van der Waals surface area contributed by atoms with E-state index in [1.165, 1.54) is 7.11 Å². The van der Waals surface area contributed by atoms with Crippen molar-refractivity contribution in [2.75, 3.05) is 45.2 Å². The predicted molar refractivity (Wildman–Crippen MR) is 116 cm³/mol. The van der Waals surface area contributed by atoms with Gasteiger partial charge in [-0.1, -0.05) is 0 Å². The number of piperazine rings is 1. The lowest BCUT2D eigenvalue weighted by atomic mass is 10.2. The van der Waals surface area contributed by atoms with E-state index in [9.17, 15) is 4.79 Å². The van der Waals surface area contributed by atoms with Crippen molar-refractivity contribution in [3.05, 3.63) is 41.6 Å². The summed E-state index contributed by atoms with van der Waals surface area (Å²) in [7, 11) is 3.11. The minimum Gasteiger partial charge on any atom is -0.465 e. The van der Waals surface area contributed by atoms with E-state index in [0.29, 0.717) is 23.6 Å². The number of ether oxygens (including phenoxy) is 1. The number of hydrogen-bond donors (Lipinski definition) is 1. The highest BCUT2D eigenvalue weighted by Gasteiger charge is 2.21. The van der Waals surface area contributed by atoms with Crippen LogP contribution in [0.1, 0.15) is 21.9 Å². The molecule has 0 radical (unpaired) electrons. The standard InChI is InChI=1S/C18H24N6O3.HI/c1-13-15(16(25)26-3)11-14(27-13)12-22-17(19-2)23-7-9-24(10-8-23)18-20-5-4-6-21-18;/h4-6,11H,7-10,12H2,1-3H3,(H,19,22);1H. The van der Waals surface area contributed by atoms with Gasteiger partial charge in [0.2, 0.25) is 5.95 Å². The molecule has 3 heterocycles. The predicted octanol–water partition coefficient (Wildman–Crippen LogP) is 1.68. The molecule has 152 valence electrons. The second kappa shape index (κ2) is 10.2. The number of furan rings is 1. The topological polar surface area (TPSA) is 96.1 Å². The number of guanidine groups is 1. The van der Waals surface area contributed by atoms with Crippen LogP contribution < -0.4 is 10.2 Å². The lowest BCUT2D eigenvalue weighted by Crippen LogP contribution is -2.52. The maximum atomic E-state index is 11.7. The summed E-state index contributed by atoms with van der Waals surface area (Å²) in [4.78, 5) is 29.0. The molecule has 0 bridgehead atoms. The van der Waals surface area contributed by atoms with E-state index in [4.69, 9.17) is 9.15 Å². The zero-order valence-corrected chi connectivity index (χ0v) is 18.5. The van der Waals surface area contributed by atoms with Gasteiger partial charge >= 0.3 is 5.97 Å². The molecule has 1 fully saturated rings. The summed E-state index contributed by atoms with van der Waals surface area (Å²) in [5.74, 6) is 2.35. The second-order valence-corrected chi connectivity index (χ2v) is 6.10. The Balaban J connectivity index is 0.00000280. The van der Waals surface area contributed by atoms with E-state index in [-0.39, 0.29) is 24.0 Å². The van der Waals surface area contributed by atoms with Crippen LogP contribution >= 0.6 is 24.0 Å². The Morgan fingerprint density at radius 3 is 2.57 bits per heavy atom. The van der Waals surface area contributed by atoms with Crippen molar-refractivity contribution < 1.29 is 13.9 Å². The van der Waals surface area contributed by atoms with Gasteiger partial charge in [-0.3, -0.25) is 4.99 Å². The first-order valence-corrected chi connectivity index (χ1v) is 8.77. The lowest BCUT2D eigenvalue weighted by Gasteiger charge is -2.36. The first-order chi connectivity index (χ1) is 13.1. The fourth-order valence-corrected chi connectivity index (χ4v) is 3.01. The van der Waals surface area contributed by atoms with Gasteiger partial charge in [-0.2, -0.15) is 0 Å². The van der Waals surface area contributed by atoms with Crippen LogP contribution in [0.25, 0.3) is 0 Å². The van der Waals surface area contributed by atoms with Gasteiger partial charge in [0.25, 0.3) is 0 Å². The van der Waals surface area contributed by atoms with Gasteiger partial charge in [0.15, 0.2) is 5.96 Å². The van der Waals surface area contributed by atoms with Crippen molar-refractivity contribution in [3.8, 4) is 0 Å². The quantitative estimate of drug-likeness (QED) is 0.293. The van der Waals surface area contributed by atoms with E-state index < -0.39 is 5.97 Å². The third-order valence-electron chi connectivity index (χ3n) is 4.42. The number of rotatable bonds is 4. The molecule has 1 N–H and O–H groups in total. The van der Waals surface area contributed by atoms with Gasteiger partial charge in [0.05, 0.1) is 13.7 Å². The maximum absolute atomic E-state index is 11.7. The number of nitrogens with one attached hydrogen (secondary N) is 1. The third kappa shape index (κ3) is 5.12. The van der Waals surface area contributed by atoms with Gasteiger partial charge < -0.3 is 24.3 Å². The molecule has 10 heteroatoms. The number of nitrogens with zero attached hydrogens (tertiary/aromatic N) is 5. The van der Waals surface area contributed by atoms with Gasteiger partial charge in [0.1, 0.15) is 17.1 Å². The van der Waals surface area contributed by atoms with Gasteiger partial charge in [-0.05, 0) is 19.1 Å².